The maximum Gasteiger partial charge on any atom is 0.415 e. The quantitative estimate of drug-likeness (QED) is 0.188. The highest BCUT2D eigenvalue weighted by Crippen LogP contribution is 2.37. The van der Waals surface area contributed by atoms with Crippen LogP contribution in [0.4, 0.5) is 25.1 Å². The summed E-state index contributed by atoms with van der Waals surface area (Å²) in [7, 11) is 3.21. The lowest BCUT2D eigenvalue weighted by atomic mass is 9.81. The SMILES string of the molecule is COc1cc(CN(Cc2cn3c4c(c(F)c(F)cc4c2=O)OCC3C)C[C@]2(C)CCCN(c3ccc(N(C)C(=O)OC(C)(C)C)nc3)C2)ccn1. The monoisotopic (exact) mass is 704 g/mol. The molecule has 0 spiro atoms. The fraction of sp³-hybridized carbons (Fsp3) is 0.474. The lowest BCUT2D eigenvalue weighted by Crippen LogP contribution is -2.48. The van der Waals surface area contributed by atoms with Gasteiger partial charge in [-0.15, -0.1) is 0 Å². The first kappa shape index (κ1) is 36.0. The maximum absolute atomic E-state index is 14.7. The van der Waals surface area contributed by atoms with Gasteiger partial charge in [0.25, 0.3) is 0 Å². The molecule has 0 radical (unpaired) electrons. The first-order valence-electron chi connectivity index (χ1n) is 17.2. The van der Waals surface area contributed by atoms with Crippen LogP contribution < -0.4 is 24.7 Å². The van der Waals surface area contributed by atoms with Gasteiger partial charge in [0.2, 0.25) is 11.7 Å². The van der Waals surface area contributed by atoms with Crippen molar-refractivity contribution >= 4 is 28.5 Å². The van der Waals surface area contributed by atoms with Gasteiger partial charge in [-0.2, -0.15) is 4.39 Å². The predicted molar refractivity (Wildman–Crippen MR) is 192 cm³/mol. The van der Waals surface area contributed by atoms with E-state index in [-0.39, 0.29) is 46.7 Å². The Morgan fingerprint density at radius 1 is 1.16 bits per heavy atom. The van der Waals surface area contributed by atoms with Crippen molar-refractivity contribution < 1.29 is 27.8 Å². The predicted octanol–water partition coefficient (Wildman–Crippen LogP) is 6.71. The number of piperidine rings is 1. The molecule has 2 aliphatic heterocycles. The molecule has 4 aromatic rings. The highest BCUT2D eigenvalue weighted by molar-refractivity contribution is 5.87. The minimum absolute atomic E-state index is 0.0989. The molecule has 0 bridgehead atoms. The zero-order valence-electron chi connectivity index (χ0n) is 30.3. The van der Waals surface area contributed by atoms with Crippen molar-refractivity contribution in [2.45, 2.75) is 72.2 Å². The number of pyridine rings is 3. The molecule has 0 N–H and O–H groups in total. The number of hydrogen-bond donors (Lipinski definition) is 0. The zero-order valence-corrected chi connectivity index (χ0v) is 30.3. The third-order valence-electron chi connectivity index (χ3n) is 9.49. The Morgan fingerprint density at radius 2 is 1.94 bits per heavy atom. The lowest BCUT2D eigenvalue weighted by molar-refractivity contribution is 0.0588. The van der Waals surface area contributed by atoms with E-state index in [1.54, 1.807) is 32.7 Å². The average molecular weight is 705 g/mol. The van der Waals surface area contributed by atoms with Gasteiger partial charge in [0.1, 0.15) is 18.0 Å². The fourth-order valence-corrected chi connectivity index (χ4v) is 7.08. The summed E-state index contributed by atoms with van der Waals surface area (Å²) in [4.78, 5) is 41.3. The van der Waals surface area contributed by atoms with Crippen LogP contribution in [0.5, 0.6) is 11.6 Å². The summed E-state index contributed by atoms with van der Waals surface area (Å²) in [5, 5.41) is 0.0989. The minimum Gasteiger partial charge on any atom is -0.486 e. The van der Waals surface area contributed by atoms with E-state index >= 15 is 0 Å². The van der Waals surface area contributed by atoms with Crippen molar-refractivity contribution in [3.63, 3.8) is 0 Å². The first-order valence-corrected chi connectivity index (χ1v) is 17.2. The van der Waals surface area contributed by atoms with Crippen LogP contribution in [0.15, 0.2) is 53.7 Å². The number of aromatic nitrogens is 3. The Bertz CT molecular complexity index is 1980. The Kier molecular flexibility index (Phi) is 9.95. The highest BCUT2D eigenvalue weighted by Gasteiger charge is 2.34. The van der Waals surface area contributed by atoms with E-state index < -0.39 is 23.3 Å². The largest absolute Gasteiger partial charge is 0.486 e. The molecule has 272 valence electrons. The number of methoxy groups -OCH3 is 1. The van der Waals surface area contributed by atoms with Crippen molar-refractivity contribution in [1.29, 1.82) is 0 Å². The van der Waals surface area contributed by atoms with Crippen molar-refractivity contribution in [3.05, 3.63) is 81.9 Å². The molecule has 0 saturated carbocycles. The van der Waals surface area contributed by atoms with E-state index in [1.165, 1.54) is 4.90 Å². The molecule has 1 fully saturated rings. The van der Waals surface area contributed by atoms with Gasteiger partial charge in [-0.05, 0) is 75.8 Å². The summed E-state index contributed by atoms with van der Waals surface area (Å²) < 4.78 is 47.7. The Labute approximate surface area is 296 Å². The molecule has 2 atom stereocenters. The molecule has 51 heavy (non-hydrogen) atoms. The molecule has 1 unspecified atom stereocenters. The number of ether oxygens (including phenoxy) is 3. The van der Waals surface area contributed by atoms with Crippen LogP contribution >= 0.6 is 0 Å². The summed E-state index contributed by atoms with van der Waals surface area (Å²) in [5.74, 6) is -1.44. The Morgan fingerprint density at radius 3 is 2.65 bits per heavy atom. The molecule has 1 amide bonds. The third kappa shape index (κ3) is 7.78. The number of halogens is 2. The van der Waals surface area contributed by atoms with Crippen molar-refractivity contribution in [1.82, 2.24) is 19.4 Å². The number of amides is 1. The molecular formula is C38H46F2N6O5. The van der Waals surface area contributed by atoms with E-state index in [9.17, 15) is 18.4 Å². The van der Waals surface area contributed by atoms with Crippen LogP contribution in [0.25, 0.3) is 10.9 Å². The standard InChI is InChI=1S/C38H46F2N6O5/c1-24-21-50-35-32(40)29(39)16-28-33(35)46(24)20-26(34(28)47)19-44(18-25-11-13-41-31(15-25)49-7)22-38(5)12-8-14-45(23-38)27-9-10-30(42-17-27)43(6)36(48)51-37(2,3)4/h9-11,13,15-17,20,24H,8,12,14,18-19,21-23H2,1-7H3/t24?,38-/m0/s1. The fourth-order valence-electron chi connectivity index (χ4n) is 7.08. The number of benzene rings is 1. The van der Waals surface area contributed by atoms with Gasteiger partial charge < -0.3 is 23.7 Å². The van der Waals surface area contributed by atoms with Gasteiger partial charge in [-0.1, -0.05) is 6.92 Å². The molecule has 1 aromatic carbocycles. The van der Waals surface area contributed by atoms with E-state index in [1.807, 2.05) is 56.5 Å². The molecule has 5 heterocycles. The van der Waals surface area contributed by atoms with Gasteiger partial charge in [0.05, 0.1) is 35.9 Å². The molecule has 13 heteroatoms. The molecular weight excluding hydrogens is 658 g/mol. The summed E-state index contributed by atoms with van der Waals surface area (Å²) in [6.45, 7) is 12.8. The van der Waals surface area contributed by atoms with Crippen LogP contribution in [-0.2, 0) is 17.8 Å². The van der Waals surface area contributed by atoms with Crippen LogP contribution in [0.3, 0.4) is 0 Å². The topological polar surface area (TPSA) is 102 Å². The van der Waals surface area contributed by atoms with E-state index in [0.29, 0.717) is 30.4 Å². The van der Waals surface area contributed by atoms with Gasteiger partial charge in [0.15, 0.2) is 17.0 Å². The first-order chi connectivity index (χ1) is 24.1. The van der Waals surface area contributed by atoms with Crippen LogP contribution in [-0.4, -0.2) is 71.5 Å². The van der Waals surface area contributed by atoms with Crippen molar-refractivity contribution in [3.8, 4) is 11.6 Å². The second kappa shape index (κ2) is 14.1. The molecule has 0 aliphatic carbocycles. The maximum atomic E-state index is 14.7. The summed E-state index contributed by atoms with van der Waals surface area (Å²) in [6.07, 6.45) is 6.68. The smallest absolute Gasteiger partial charge is 0.415 e. The molecule has 6 rings (SSSR count). The molecule has 11 nitrogen and oxygen atoms in total. The molecule has 2 aliphatic rings. The summed E-state index contributed by atoms with van der Waals surface area (Å²) in [5.41, 5.74) is 1.51. The lowest BCUT2D eigenvalue weighted by Gasteiger charge is -2.44. The zero-order chi connectivity index (χ0) is 36.7. The van der Waals surface area contributed by atoms with Crippen LogP contribution in [0.2, 0.25) is 0 Å². The Balaban J connectivity index is 1.28. The van der Waals surface area contributed by atoms with Gasteiger partial charge in [0, 0.05) is 63.8 Å². The van der Waals surface area contributed by atoms with Gasteiger partial charge in [-0.3, -0.25) is 14.6 Å². The Hall–Kier alpha value is -4.78. The second-order valence-corrected chi connectivity index (χ2v) is 15.0. The van der Waals surface area contributed by atoms with Crippen molar-refractivity contribution in [2.24, 2.45) is 5.41 Å². The normalized spacial score (nSPS) is 18.9. The number of hydrogen-bond acceptors (Lipinski definition) is 9. The number of carbonyl (C=O) groups is 1. The van der Waals surface area contributed by atoms with Crippen LogP contribution in [0, 0.1) is 17.0 Å². The highest BCUT2D eigenvalue weighted by atomic mass is 19.2. The van der Waals surface area contributed by atoms with E-state index in [2.05, 4.69) is 26.7 Å². The third-order valence-corrected chi connectivity index (χ3v) is 9.49. The van der Waals surface area contributed by atoms with E-state index in [0.717, 1.165) is 43.2 Å². The molecule has 3 aromatic heterocycles. The van der Waals surface area contributed by atoms with Gasteiger partial charge >= 0.3 is 6.09 Å². The van der Waals surface area contributed by atoms with Crippen molar-refractivity contribution in [2.75, 3.05) is 50.2 Å². The number of nitrogens with zero attached hydrogens (tertiary/aromatic N) is 6. The second-order valence-electron chi connectivity index (χ2n) is 15.0. The van der Waals surface area contributed by atoms with Crippen LogP contribution in [0.1, 0.15) is 64.6 Å². The summed E-state index contributed by atoms with van der Waals surface area (Å²) in [6, 6.07) is 8.40. The number of carbonyl (C=O) groups excluding carboxylic acids is 1. The average Bonchev–Trinajstić information content (AvgIpc) is 3.08. The minimum atomic E-state index is -1.11. The molecule has 1 saturated heterocycles. The van der Waals surface area contributed by atoms with E-state index in [4.69, 9.17) is 14.2 Å². The number of rotatable bonds is 9. The summed E-state index contributed by atoms with van der Waals surface area (Å²) >= 11 is 0. The number of anilines is 2. The van der Waals surface area contributed by atoms with Gasteiger partial charge in [-0.25, -0.2) is 19.2 Å².